The summed E-state index contributed by atoms with van der Waals surface area (Å²) in [5.41, 5.74) is 0. The van der Waals surface area contributed by atoms with E-state index in [0.717, 1.165) is 0 Å². The van der Waals surface area contributed by atoms with E-state index in [1.807, 2.05) is 13.8 Å². The number of phosphoric ester groups is 1. The van der Waals surface area contributed by atoms with Crippen LogP contribution in [-0.2, 0) is 148 Å². The molecule has 0 radical (unpaired) electrons. The highest BCUT2D eigenvalue weighted by atomic mass is 31.2. The van der Waals surface area contributed by atoms with Gasteiger partial charge in [0.2, 0.25) is 70.9 Å². The predicted molar refractivity (Wildman–Crippen MR) is 408 cm³/mol. The van der Waals surface area contributed by atoms with Gasteiger partial charge in [0.25, 0.3) is 0 Å². The molecule has 0 heterocycles. The zero-order valence-corrected chi connectivity index (χ0v) is 68.2. The van der Waals surface area contributed by atoms with Crippen LogP contribution in [0.25, 0.3) is 0 Å². The minimum Gasteiger partial charge on any atom is -0.480 e. The van der Waals surface area contributed by atoms with Crippen molar-refractivity contribution in [3.63, 3.8) is 0 Å². The molecule has 0 saturated heterocycles. The van der Waals surface area contributed by atoms with E-state index in [1.54, 1.807) is 25.2 Å². The van der Waals surface area contributed by atoms with Gasteiger partial charge in [-0.05, 0) is 12.8 Å². The lowest BCUT2D eigenvalue weighted by molar-refractivity contribution is -0.160. The van der Waals surface area contributed by atoms with Gasteiger partial charge in [0.15, 0.2) is 46.6 Å². The molecule has 0 bridgehead atoms. The molecule has 13 N–H and O–H groups in total. The van der Waals surface area contributed by atoms with Gasteiger partial charge in [0.1, 0.15) is 71.9 Å². The number of Topliss-reactive ketones (excluding diaryl/α,β-unsaturated/α-hetero) is 7. The molecule has 122 heavy (non-hydrogen) atoms. The fraction of sp³-hybridized carbons (Fsp3) is 0.583. The summed E-state index contributed by atoms with van der Waals surface area (Å²) >= 11 is 0. The Morgan fingerprint density at radius 2 is 0.615 bits per heavy atom. The van der Waals surface area contributed by atoms with E-state index in [4.69, 9.17) is 18.5 Å². The quantitative estimate of drug-likeness (QED) is 0.00887. The van der Waals surface area contributed by atoms with Crippen molar-refractivity contribution in [1.29, 1.82) is 0 Å². The van der Waals surface area contributed by atoms with E-state index in [1.165, 1.54) is 6.08 Å². The molecule has 678 valence electrons. The number of hydrogen-bond acceptors (Lipinski definition) is 31. The molecule has 49 nitrogen and oxygen atoms in total. The van der Waals surface area contributed by atoms with Gasteiger partial charge in [-0.3, -0.25) is 134 Å². The number of ether oxygens (including phenoxy) is 2. The Balaban J connectivity index is 5.16. The molecular formula is C72H103N12O37P. The number of aliphatic carboxylic acids is 5. The lowest BCUT2D eigenvalue weighted by atomic mass is 10.1. The molecule has 0 saturated carbocycles. The number of ketones is 7. The summed E-state index contributed by atoms with van der Waals surface area (Å²) in [6.45, 7) is -11.5. The third kappa shape index (κ3) is 56.6. The molecule has 2 atom stereocenters. The highest BCUT2D eigenvalue weighted by molar-refractivity contribution is 7.47. The van der Waals surface area contributed by atoms with Crippen LogP contribution in [0.2, 0.25) is 0 Å². The fourth-order valence-electron chi connectivity index (χ4n) is 9.42. The summed E-state index contributed by atoms with van der Waals surface area (Å²) in [6.07, 6.45) is -2.22. The maximum absolute atomic E-state index is 13.0. The molecule has 0 rings (SSSR count). The molecule has 50 heteroatoms. The van der Waals surface area contributed by atoms with Gasteiger partial charge in [-0.25, -0.2) is 4.57 Å². The SMILES string of the molecule is CC/C=C\CC(=O)OCC(COP(=O)(O)OCCNC(=O)CC(=O)NCC(=O)CCC(=O)N(CC(=O)O)CC(=O)NCC(=O)CCC(=O)N(CC(=O)O)CC(=O)NCC(=O)CCC(=O)N(CC(=O)O)CC(=O)NCC(=O)CCC(=O)N(CC(=O)O)CC(=O)NCC(=O)CCC(=O)N(CC(=O)O)CC(=O)CCC(=O)NCC(=O)CC)OC(=O)C/C=C\CC. The van der Waals surface area contributed by atoms with Gasteiger partial charge in [0, 0.05) is 90.0 Å². The molecule has 0 aromatic rings. The van der Waals surface area contributed by atoms with Gasteiger partial charge in [-0.1, -0.05) is 45.1 Å². The van der Waals surface area contributed by atoms with E-state index in [9.17, 15) is 160 Å². The fourth-order valence-corrected chi connectivity index (χ4v) is 10.2. The first-order valence-corrected chi connectivity index (χ1v) is 39.1. The number of carboxylic acids is 5. The Bertz CT molecular complexity index is 3900. The van der Waals surface area contributed by atoms with Crippen LogP contribution < -0.4 is 37.2 Å². The lowest BCUT2D eigenvalue weighted by Crippen LogP contribution is -2.45. The maximum atomic E-state index is 13.0. The van der Waals surface area contributed by atoms with Crippen molar-refractivity contribution in [2.45, 2.75) is 142 Å². The lowest BCUT2D eigenvalue weighted by Gasteiger charge is -2.21. The second-order valence-electron chi connectivity index (χ2n) is 26.1. The smallest absolute Gasteiger partial charge is 0.472 e. The highest BCUT2D eigenvalue weighted by Crippen LogP contribution is 2.43. The van der Waals surface area contributed by atoms with Crippen molar-refractivity contribution >= 4 is 161 Å². The normalized spacial score (nSPS) is 11.5. The first kappa shape index (κ1) is 109. The van der Waals surface area contributed by atoms with Gasteiger partial charge in [-0.2, -0.15) is 0 Å². The Morgan fingerprint density at radius 1 is 0.320 bits per heavy atom. The molecule has 0 aromatic heterocycles. The first-order chi connectivity index (χ1) is 57.3. The van der Waals surface area contributed by atoms with Crippen LogP contribution >= 0.6 is 7.82 Å². The zero-order valence-electron chi connectivity index (χ0n) is 67.3. The predicted octanol–water partition coefficient (Wildman–Crippen LogP) is -5.87. The summed E-state index contributed by atoms with van der Waals surface area (Å²) in [7, 11) is -4.87. The number of carbonyl (C=O) groups is 26. The maximum Gasteiger partial charge on any atom is 0.472 e. The molecule has 2 unspecified atom stereocenters. The Hall–Kier alpha value is -12.8. The average molecular weight is 1760 g/mol. The van der Waals surface area contributed by atoms with E-state index in [0.29, 0.717) is 37.3 Å². The van der Waals surface area contributed by atoms with Gasteiger partial charge in [0.05, 0.1) is 71.9 Å². The molecular weight excluding hydrogens is 1660 g/mol. The second kappa shape index (κ2) is 61.5. The van der Waals surface area contributed by atoms with E-state index >= 15 is 0 Å². The topological polar surface area (TPSA) is 720 Å². The van der Waals surface area contributed by atoms with Gasteiger partial charge >= 0.3 is 49.6 Å². The minimum absolute atomic E-state index is 0.0920. The standard InChI is InChI=1S/C72H103N12O37P/c1-4-7-9-11-71(114)118-44-53(121-72(115)12-10-8-5-2)45-120-122(116,117)119-26-25-73-55(93)27-56(94)75-29-47(86)15-21-62(100)81(40-67(106)107)35-58(96)77-31-49(88)17-23-64(102)83(42-69(110)111)37-60(98)79-33-51(90)18-24-65(103)84(43-70(112)113)38-59(97)78-32-50(89)16-22-63(101)82(41-68(108)109)36-57(95)76-30-48(87)14-20-61(99)80(39-66(104)105)34-52(91)13-19-54(92)74-28-46(85)6-3/h7-10,53H,4-6,11-45H2,1-3H3,(H,73,93)(H,74,92)(H,75,94)(H,76,95)(H,77,96)(H,78,97)(H,79,98)(H,104,105)(H,106,107)(H,108,109)(H,110,111)(H,112,113)(H,116,117)/b9-7-,10-8-. The summed E-state index contributed by atoms with van der Waals surface area (Å²) in [4.78, 5) is 334. The number of nitrogens with one attached hydrogen (secondary N) is 7. The van der Waals surface area contributed by atoms with Crippen LogP contribution in [-0.4, -0.2) is 345 Å². The van der Waals surface area contributed by atoms with Gasteiger partial charge in [-0.15, -0.1) is 0 Å². The summed E-state index contributed by atoms with van der Waals surface area (Å²) in [5, 5.41) is 61.9. The Kier molecular flexibility index (Phi) is 55.1. The van der Waals surface area contributed by atoms with Crippen molar-refractivity contribution in [3.8, 4) is 0 Å². The Morgan fingerprint density at radius 3 is 0.943 bits per heavy atom. The number of allylic oxidation sites excluding steroid dienone is 2. The largest absolute Gasteiger partial charge is 0.480 e. The van der Waals surface area contributed by atoms with Crippen LogP contribution in [0.4, 0.5) is 0 Å². The summed E-state index contributed by atoms with van der Waals surface area (Å²) in [6, 6.07) is 0. The molecule has 0 fully saturated rings. The van der Waals surface area contributed by atoms with E-state index in [-0.39, 0.29) is 38.0 Å². The monoisotopic (exact) mass is 1760 g/mol. The van der Waals surface area contributed by atoms with Crippen LogP contribution in [0.3, 0.4) is 0 Å². The molecule has 0 spiro atoms. The van der Waals surface area contributed by atoms with Gasteiger partial charge < -0.3 is 102 Å². The first-order valence-electron chi connectivity index (χ1n) is 37.6. The molecule has 0 aliphatic rings. The summed E-state index contributed by atoms with van der Waals surface area (Å²) < 4.78 is 32.5. The van der Waals surface area contributed by atoms with Crippen LogP contribution in [0, 0.1) is 0 Å². The molecule has 0 aromatic carbocycles. The van der Waals surface area contributed by atoms with Crippen LogP contribution in [0.5, 0.6) is 0 Å². The third-order valence-electron chi connectivity index (χ3n) is 15.6. The number of rotatable bonds is 69. The highest BCUT2D eigenvalue weighted by Gasteiger charge is 2.30. The molecule has 12 amide bonds. The zero-order chi connectivity index (χ0) is 92.5. The van der Waals surface area contributed by atoms with Crippen LogP contribution in [0.1, 0.15) is 136 Å². The molecule has 0 aliphatic heterocycles. The van der Waals surface area contributed by atoms with E-state index < -0.39 is 363 Å². The summed E-state index contributed by atoms with van der Waals surface area (Å²) in [5.74, 6) is -27.1. The third-order valence-corrected chi connectivity index (χ3v) is 16.6. The number of carboxylic acid groups (broad SMARTS) is 5. The average Bonchev–Trinajstić information content (AvgIpc) is 0.928. The number of hydrogen-bond donors (Lipinski definition) is 13. The number of carbonyl (C=O) groups excluding carboxylic acids is 21. The number of amides is 12. The molecule has 0 aliphatic carbocycles. The van der Waals surface area contributed by atoms with Crippen molar-refractivity contribution < 1.29 is 178 Å². The van der Waals surface area contributed by atoms with Crippen molar-refractivity contribution in [2.24, 2.45) is 0 Å². The minimum atomic E-state index is -4.87. The van der Waals surface area contributed by atoms with Crippen molar-refractivity contribution in [2.75, 3.05) is 131 Å². The van der Waals surface area contributed by atoms with Crippen LogP contribution in [0.15, 0.2) is 24.3 Å². The van der Waals surface area contributed by atoms with E-state index in [2.05, 4.69) is 37.2 Å². The Labute approximate surface area is 696 Å². The number of esters is 2. The second-order valence-corrected chi connectivity index (χ2v) is 27.5. The number of nitrogens with zero attached hydrogens (tertiary/aromatic N) is 5. The van der Waals surface area contributed by atoms with Crippen molar-refractivity contribution in [3.05, 3.63) is 24.3 Å². The van der Waals surface area contributed by atoms with Crippen molar-refractivity contribution in [1.82, 2.24) is 61.7 Å². The number of phosphoric acid groups is 1.